The van der Waals surface area contributed by atoms with E-state index < -0.39 is 0 Å². The van der Waals surface area contributed by atoms with Gasteiger partial charge < -0.3 is 16.0 Å². The molecule has 0 fully saturated rings. The van der Waals surface area contributed by atoms with Crippen LogP contribution >= 0.6 is 0 Å². The van der Waals surface area contributed by atoms with E-state index in [1.54, 1.807) is 6.07 Å². The molecule has 0 heterocycles. The zero-order valence-corrected chi connectivity index (χ0v) is 17.3. The van der Waals surface area contributed by atoms with Crippen molar-refractivity contribution in [3.8, 4) is 0 Å². The van der Waals surface area contributed by atoms with Crippen LogP contribution in [0.25, 0.3) is 0 Å². The van der Waals surface area contributed by atoms with Gasteiger partial charge >= 0.3 is 12.1 Å². The third-order valence-electron chi connectivity index (χ3n) is 4.57. The molecule has 0 unspecified atom stereocenters. The lowest BCUT2D eigenvalue weighted by Crippen LogP contribution is -2.43. The topological polar surface area (TPSA) is 73.5 Å². The van der Waals surface area contributed by atoms with Crippen LogP contribution in [-0.4, -0.2) is 25.2 Å². The van der Waals surface area contributed by atoms with Crippen LogP contribution in [0.3, 0.4) is 0 Å². The van der Waals surface area contributed by atoms with Gasteiger partial charge in [0.05, 0.1) is 0 Å². The number of carbonyl (C=O) groups is 2. The molecular weight excluding hydrogens is 395 g/mol. The van der Waals surface area contributed by atoms with E-state index in [0.717, 1.165) is 11.1 Å². The number of rotatable bonds is 7. The predicted molar refractivity (Wildman–Crippen MR) is 121 cm³/mol. The van der Waals surface area contributed by atoms with Crippen LogP contribution in [0.15, 0.2) is 78.9 Å². The number of amides is 4. The molecule has 0 bridgehead atoms. The van der Waals surface area contributed by atoms with Gasteiger partial charge in [-0.3, -0.25) is 4.90 Å². The number of halogens is 1. The zero-order chi connectivity index (χ0) is 22.1. The molecule has 160 valence electrons. The standard InChI is InChI=1S/C24H25FN4O2/c1-18-6-5-9-21(16-18)28-24(31)29(22-12-10-20(25)11-13-22)15-14-26-23(30)27-17-19-7-3-2-4-8-19/h2-13,16H,14-15,17H2,1H3,(H,28,31)(H2,26,27,30). The van der Waals surface area contributed by atoms with Crippen molar-refractivity contribution in [2.45, 2.75) is 13.5 Å². The van der Waals surface area contributed by atoms with Crippen LogP contribution in [0.4, 0.5) is 25.4 Å². The quantitative estimate of drug-likeness (QED) is 0.520. The van der Waals surface area contributed by atoms with Crippen LogP contribution in [0.1, 0.15) is 11.1 Å². The van der Waals surface area contributed by atoms with Gasteiger partial charge in [0, 0.05) is 31.0 Å². The van der Waals surface area contributed by atoms with Crippen LogP contribution in [0.2, 0.25) is 0 Å². The SMILES string of the molecule is Cc1cccc(NC(=O)N(CCNC(=O)NCc2ccccc2)c2ccc(F)cc2)c1. The first kappa shape index (κ1) is 21.8. The summed E-state index contributed by atoms with van der Waals surface area (Å²) < 4.78 is 13.3. The van der Waals surface area contributed by atoms with Crippen LogP contribution < -0.4 is 20.9 Å². The largest absolute Gasteiger partial charge is 0.336 e. The molecule has 3 N–H and O–H groups in total. The van der Waals surface area contributed by atoms with Crippen LogP contribution in [0.5, 0.6) is 0 Å². The second kappa shape index (κ2) is 10.8. The number of benzene rings is 3. The second-order valence-corrected chi connectivity index (χ2v) is 7.02. The highest BCUT2D eigenvalue weighted by molar-refractivity contribution is 6.01. The second-order valence-electron chi connectivity index (χ2n) is 7.02. The minimum Gasteiger partial charge on any atom is -0.336 e. The number of nitrogens with zero attached hydrogens (tertiary/aromatic N) is 1. The predicted octanol–water partition coefficient (Wildman–Crippen LogP) is 4.67. The summed E-state index contributed by atoms with van der Waals surface area (Å²) in [4.78, 5) is 26.4. The highest BCUT2D eigenvalue weighted by Crippen LogP contribution is 2.17. The lowest BCUT2D eigenvalue weighted by atomic mass is 10.2. The summed E-state index contributed by atoms with van der Waals surface area (Å²) in [6, 6.07) is 22.0. The highest BCUT2D eigenvalue weighted by atomic mass is 19.1. The van der Waals surface area contributed by atoms with Gasteiger partial charge in [0.25, 0.3) is 0 Å². The van der Waals surface area contributed by atoms with E-state index in [1.807, 2.05) is 55.5 Å². The lowest BCUT2D eigenvalue weighted by Gasteiger charge is -2.23. The van der Waals surface area contributed by atoms with Gasteiger partial charge in [0.2, 0.25) is 0 Å². The fourth-order valence-electron chi connectivity index (χ4n) is 3.00. The Morgan fingerprint density at radius 3 is 2.35 bits per heavy atom. The molecule has 0 saturated carbocycles. The van der Waals surface area contributed by atoms with Gasteiger partial charge in [-0.1, -0.05) is 42.5 Å². The average Bonchev–Trinajstić information content (AvgIpc) is 2.77. The Morgan fingerprint density at radius 2 is 1.65 bits per heavy atom. The molecule has 0 aliphatic heterocycles. The molecule has 0 atom stereocenters. The fourth-order valence-corrected chi connectivity index (χ4v) is 3.00. The molecule has 3 aromatic rings. The molecule has 0 saturated heterocycles. The molecule has 4 amide bonds. The van der Waals surface area contributed by atoms with Gasteiger partial charge in [-0.2, -0.15) is 0 Å². The molecule has 0 spiro atoms. The van der Waals surface area contributed by atoms with Crippen molar-refractivity contribution in [3.63, 3.8) is 0 Å². The Kier molecular flexibility index (Phi) is 7.59. The minimum absolute atomic E-state index is 0.210. The lowest BCUT2D eigenvalue weighted by molar-refractivity contribution is 0.240. The van der Waals surface area contributed by atoms with Gasteiger partial charge in [-0.05, 0) is 54.4 Å². The van der Waals surface area contributed by atoms with Crippen molar-refractivity contribution in [2.24, 2.45) is 0 Å². The van der Waals surface area contributed by atoms with E-state index in [2.05, 4.69) is 16.0 Å². The molecule has 3 rings (SSSR count). The number of nitrogens with one attached hydrogen (secondary N) is 3. The number of carbonyl (C=O) groups excluding carboxylic acids is 2. The maximum absolute atomic E-state index is 13.3. The van der Waals surface area contributed by atoms with E-state index in [4.69, 9.17) is 0 Å². The molecule has 7 heteroatoms. The van der Waals surface area contributed by atoms with E-state index in [-0.39, 0.29) is 31.0 Å². The highest BCUT2D eigenvalue weighted by Gasteiger charge is 2.16. The van der Waals surface area contributed by atoms with E-state index in [1.165, 1.54) is 29.2 Å². The van der Waals surface area contributed by atoms with Crippen molar-refractivity contribution in [1.82, 2.24) is 10.6 Å². The third-order valence-corrected chi connectivity index (χ3v) is 4.57. The summed E-state index contributed by atoms with van der Waals surface area (Å²) in [5.41, 5.74) is 3.19. The summed E-state index contributed by atoms with van der Waals surface area (Å²) in [5, 5.41) is 8.37. The normalized spacial score (nSPS) is 10.3. The Balaban J connectivity index is 1.59. The van der Waals surface area contributed by atoms with E-state index >= 15 is 0 Å². The Morgan fingerprint density at radius 1 is 0.903 bits per heavy atom. The molecule has 0 aromatic heterocycles. The molecular formula is C24H25FN4O2. The maximum Gasteiger partial charge on any atom is 0.326 e. The van der Waals surface area contributed by atoms with Crippen LogP contribution in [-0.2, 0) is 6.54 Å². The summed E-state index contributed by atoms with van der Waals surface area (Å²) in [7, 11) is 0. The molecule has 0 aliphatic rings. The number of aryl methyl sites for hydroxylation is 1. The first-order chi connectivity index (χ1) is 15.0. The molecule has 3 aromatic carbocycles. The van der Waals surface area contributed by atoms with E-state index in [9.17, 15) is 14.0 Å². The monoisotopic (exact) mass is 420 g/mol. The average molecular weight is 420 g/mol. The summed E-state index contributed by atoms with van der Waals surface area (Å²) in [6.45, 7) is 2.77. The molecule has 0 aliphatic carbocycles. The smallest absolute Gasteiger partial charge is 0.326 e. The third kappa shape index (κ3) is 6.85. The van der Waals surface area contributed by atoms with Crippen molar-refractivity contribution in [3.05, 3.63) is 95.8 Å². The fraction of sp³-hybridized carbons (Fsp3) is 0.167. The number of anilines is 2. The Bertz CT molecular complexity index is 1010. The molecule has 0 radical (unpaired) electrons. The summed E-state index contributed by atoms with van der Waals surface area (Å²) >= 11 is 0. The number of hydrogen-bond donors (Lipinski definition) is 3. The summed E-state index contributed by atoms with van der Waals surface area (Å²) in [5.74, 6) is -0.388. The molecule has 6 nitrogen and oxygen atoms in total. The summed E-state index contributed by atoms with van der Waals surface area (Å²) in [6.07, 6.45) is 0. The zero-order valence-electron chi connectivity index (χ0n) is 17.3. The van der Waals surface area contributed by atoms with Crippen molar-refractivity contribution < 1.29 is 14.0 Å². The maximum atomic E-state index is 13.3. The van der Waals surface area contributed by atoms with Gasteiger partial charge in [0.1, 0.15) is 5.82 Å². The van der Waals surface area contributed by atoms with Gasteiger partial charge in [0.15, 0.2) is 0 Å². The van der Waals surface area contributed by atoms with Gasteiger partial charge in [-0.25, -0.2) is 14.0 Å². The number of urea groups is 2. The van der Waals surface area contributed by atoms with E-state index in [0.29, 0.717) is 17.9 Å². The van der Waals surface area contributed by atoms with Crippen LogP contribution in [0, 0.1) is 12.7 Å². The Labute approximate surface area is 181 Å². The first-order valence-corrected chi connectivity index (χ1v) is 9.97. The minimum atomic E-state index is -0.388. The number of hydrogen-bond acceptors (Lipinski definition) is 2. The van der Waals surface area contributed by atoms with Crippen molar-refractivity contribution in [2.75, 3.05) is 23.3 Å². The molecule has 31 heavy (non-hydrogen) atoms. The Hall–Kier alpha value is -3.87. The van der Waals surface area contributed by atoms with Gasteiger partial charge in [-0.15, -0.1) is 0 Å². The van der Waals surface area contributed by atoms with Crippen molar-refractivity contribution >= 4 is 23.4 Å². The van der Waals surface area contributed by atoms with Crippen molar-refractivity contribution in [1.29, 1.82) is 0 Å². The first-order valence-electron chi connectivity index (χ1n) is 9.97.